The van der Waals surface area contributed by atoms with Crippen molar-refractivity contribution >= 4 is 29.0 Å². The summed E-state index contributed by atoms with van der Waals surface area (Å²) in [6, 6.07) is 7.27. The SMILES string of the molecule is CC(SC1COC1)C(=O)Nc1ccccc1N. The number of anilines is 2. The van der Waals surface area contributed by atoms with Crippen molar-refractivity contribution in [3.05, 3.63) is 24.3 Å². The predicted octanol–water partition coefficient (Wildman–Crippen LogP) is 1.73. The summed E-state index contributed by atoms with van der Waals surface area (Å²) in [4.78, 5) is 11.9. The molecule has 0 radical (unpaired) electrons. The van der Waals surface area contributed by atoms with Gasteiger partial charge >= 0.3 is 0 Å². The van der Waals surface area contributed by atoms with E-state index in [0.29, 0.717) is 16.6 Å². The van der Waals surface area contributed by atoms with Gasteiger partial charge in [-0.25, -0.2) is 0 Å². The fourth-order valence-electron chi connectivity index (χ4n) is 1.49. The van der Waals surface area contributed by atoms with Crippen LogP contribution in [0, 0.1) is 0 Å². The maximum absolute atomic E-state index is 11.9. The van der Waals surface area contributed by atoms with Gasteiger partial charge in [-0.15, -0.1) is 11.8 Å². The number of carbonyl (C=O) groups excluding carboxylic acids is 1. The number of para-hydroxylation sites is 2. The molecule has 92 valence electrons. The maximum Gasteiger partial charge on any atom is 0.237 e. The average molecular weight is 252 g/mol. The van der Waals surface area contributed by atoms with E-state index in [-0.39, 0.29) is 11.2 Å². The molecule has 1 atom stereocenters. The van der Waals surface area contributed by atoms with E-state index < -0.39 is 0 Å². The highest BCUT2D eigenvalue weighted by Gasteiger charge is 2.25. The van der Waals surface area contributed by atoms with Crippen LogP contribution in [0.1, 0.15) is 6.92 Å². The Kier molecular flexibility index (Phi) is 3.91. The molecule has 1 aromatic carbocycles. The molecule has 1 saturated heterocycles. The van der Waals surface area contributed by atoms with Gasteiger partial charge < -0.3 is 15.8 Å². The summed E-state index contributed by atoms with van der Waals surface area (Å²) >= 11 is 1.64. The fourth-order valence-corrected chi connectivity index (χ4v) is 2.60. The summed E-state index contributed by atoms with van der Waals surface area (Å²) in [6.45, 7) is 3.39. The van der Waals surface area contributed by atoms with E-state index in [4.69, 9.17) is 10.5 Å². The topological polar surface area (TPSA) is 64.3 Å². The summed E-state index contributed by atoms with van der Waals surface area (Å²) in [5, 5.41) is 3.19. The van der Waals surface area contributed by atoms with Gasteiger partial charge in [0, 0.05) is 0 Å². The van der Waals surface area contributed by atoms with Crippen molar-refractivity contribution in [1.29, 1.82) is 0 Å². The van der Waals surface area contributed by atoms with Crippen molar-refractivity contribution in [2.24, 2.45) is 0 Å². The van der Waals surface area contributed by atoms with E-state index in [1.54, 1.807) is 23.9 Å². The first kappa shape index (κ1) is 12.3. The number of rotatable bonds is 4. The highest BCUT2D eigenvalue weighted by Crippen LogP contribution is 2.25. The summed E-state index contributed by atoms with van der Waals surface area (Å²) < 4.78 is 5.08. The predicted molar refractivity (Wildman–Crippen MR) is 71.1 cm³/mol. The van der Waals surface area contributed by atoms with Crippen molar-refractivity contribution in [1.82, 2.24) is 0 Å². The van der Waals surface area contributed by atoms with Gasteiger partial charge in [0.2, 0.25) is 5.91 Å². The number of benzene rings is 1. The highest BCUT2D eigenvalue weighted by molar-refractivity contribution is 8.01. The van der Waals surface area contributed by atoms with Crippen LogP contribution in [0.15, 0.2) is 24.3 Å². The van der Waals surface area contributed by atoms with Gasteiger partial charge in [-0.1, -0.05) is 12.1 Å². The number of nitrogens with two attached hydrogens (primary N) is 1. The quantitative estimate of drug-likeness (QED) is 0.801. The van der Waals surface area contributed by atoms with Crippen LogP contribution < -0.4 is 11.1 Å². The molecule has 1 aliphatic rings. The van der Waals surface area contributed by atoms with Crippen LogP contribution in [0.5, 0.6) is 0 Å². The molecule has 2 rings (SSSR count). The lowest BCUT2D eigenvalue weighted by molar-refractivity contribution is -0.115. The number of hydrogen-bond acceptors (Lipinski definition) is 4. The Bertz CT molecular complexity index is 407. The lowest BCUT2D eigenvalue weighted by atomic mass is 10.2. The molecule has 4 nitrogen and oxygen atoms in total. The molecule has 0 bridgehead atoms. The standard InChI is InChI=1S/C12H16N2O2S/c1-8(17-9-6-16-7-9)12(15)14-11-5-3-2-4-10(11)13/h2-5,8-9H,6-7,13H2,1H3,(H,14,15). The van der Waals surface area contributed by atoms with Crippen LogP contribution in [0.4, 0.5) is 11.4 Å². The van der Waals surface area contributed by atoms with E-state index in [2.05, 4.69) is 5.32 Å². The van der Waals surface area contributed by atoms with Crippen LogP contribution in [0.25, 0.3) is 0 Å². The monoisotopic (exact) mass is 252 g/mol. The number of nitrogens with one attached hydrogen (secondary N) is 1. The number of hydrogen-bond donors (Lipinski definition) is 2. The molecule has 1 amide bonds. The number of amides is 1. The van der Waals surface area contributed by atoms with E-state index >= 15 is 0 Å². The van der Waals surface area contributed by atoms with Crippen molar-refractivity contribution in [2.45, 2.75) is 17.4 Å². The maximum atomic E-state index is 11.9. The summed E-state index contributed by atoms with van der Waals surface area (Å²) in [5.74, 6) is -0.0141. The molecule has 1 aromatic rings. The van der Waals surface area contributed by atoms with E-state index in [0.717, 1.165) is 13.2 Å². The molecular weight excluding hydrogens is 236 g/mol. The number of nitrogen functional groups attached to an aromatic ring is 1. The minimum absolute atomic E-state index is 0.0141. The van der Waals surface area contributed by atoms with Gasteiger partial charge in [-0.05, 0) is 19.1 Å². The van der Waals surface area contributed by atoms with Crippen molar-refractivity contribution < 1.29 is 9.53 Å². The van der Waals surface area contributed by atoms with Gasteiger partial charge in [0.25, 0.3) is 0 Å². The highest BCUT2D eigenvalue weighted by atomic mass is 32.2. The second-order valence-electron chi connectivity index (χ2n) is 4.01. The second kappa shape index (κ2) is 5.42. The van der Waals surface area contributed by atoms with Crippen molar-refractivity contribution in [3.8, 4) is 0 Å². The normalized spacial score (nSPS) is 17.2. The zero-order valence-electron chi connectivity index (χ0n) is 9.68. The zero-order chi connectivity index (χ0) is 12.3. The fraction of sp³-hybridized carbons (Fsp3) is 0.417. The lowest BCUT2D eigenvalue weighted by Crippen LogP contribution is -2.34. The van der Waals surface area contributed by atoms with Crippen LogP contribution >= 0.6 is 11.8 Å². The average Bonchev–Trinajstić information content (AvgIpc) is 2.26. The first-order valence-electron chi connectivity index (χ1n) is 5.55. The van der Waals surface area contributed by atoms with E-state index in [1.165, 1.54) is 0 Å². The minimum Gasteiger partial charge on any atom is -0.397 e. The molecule has 5 heteroatoms. The summed E-state index contributed by atoms with van der Waals surface area (Å²) in [7, 11) is 0. The van der Waals surface area contributed by atoms with Gasteiger partial charge in [0.1, 0.15) is 0 Å². The first-order valence-corrected chi connectivity index (χ1v) is 6.49. The lowest BCUT2D eigenvalue weighted by Gasteiger charge is -2.27. The van der Waals surface area contributed by atoms with Crippen LogP contribution in [-0.4, -0.2) is 29.6 Å². The number of thioether (sulfide) groups is 1. The third kappa shape index (κ3) is 3.14. The molecule has 0 saturated carbocycles. The van der Waals surface area contributed by atoms with Crippen LogP contribution in [0.3, 0.4) is 0 Å². The van der Waals surface area contributed by atoms with Crippen LogP contribution in [0.2, 0.25) is 0 Å². The van der Waals surface area contributed by atoms with Gasteiger partial charge in [-0.2, -0.15) is 0 Å². The number of carbonyl (C=O) groups is 1. The molecule has 0 aliphatic carbocycles. The smallest absolute Gasteiger partial charge is 0.237 e. The van der Waals surface area contributed by atoms with Crippen molar-refractivity contribution in [3.63, 3.8) is 0 Å². The third-order valence-electron chi connectivity index (χ3n) is 2.59. The van der Waals surface area contributed by atoms with Gasteiger partial charge in [0.05, 0.1) is 35.1 Å². The molecule has 3 N–H and O–H groups in total. The molecule has 1 fully saturated rings. The Labute approximate surface area is 105 Å². The molecule has 1 aliphatic heterocycles. The van der Waals surface area contributed by atoms with Crippen LogP contribution in [-0.2, 0) is 9.53 Å². The second-order valence-corrected chi connectivity index (χ2v) is 5.66. The largest absolute Gasteiger partial charge is 0.397 e. The van der Waals surface area contributed by atoms with Crippen molar-refractivity contribution in [2.75, 3.05) is 24.3 Å². The summed E-state index contributed by atoms with van der Waals surface area (Å²) in [6.07, 6.45) is 0. The molecule has 1 heterocycles. The molecule has 17 heavy (non-hydrogen) atoms. The van der Waals surface area contributed by atoms with E-state index in [1.807, 2.05) is 19.1 Å². The van der Waals surface area contributed by atoms with Gasteiger partial charge in [-0.3, -0.25) is 4.79 Å². The number of ether oxygens (including phenoxy) is 1. The first-order chi connectivity index (χ1) is 8.16. The Hall–Kier alpha value is -1.20. The summed E-state index contributed by atoms with van der Waals surface area (Å²) in [5.41, 5.74) is 7.03. The molecule has 0 aromatic heterocycles. The zero-order valence-corrected chi connectivity index (χ0v) is 10.5. The minimum atomic E-state index is -0.0940. The molecule has 1 unspecified atom stereocenters. The Morgan fingerprint density at radius 1 is 1.53 bits per heavy atom. The molecule has 0 spiro atoms. The third-order valence-corrected chi connectivity index (χ3v) is 3.87. The van der Waals surface area contributed by atoms with Gasteiger partial charge in [0.15, 0.2) is 0 Å². The van der Waals surface area contributed by atoms with E-state index in [9.17, 15) is 4.79 Å². The molecular formula is C12H16N2O2S. The Balaban J connectivity index is 1.89. The Morgan fingerprint density at radius 2 is 2.24 bits per heavy atom. The Morgan fingerprint density at radius 3 is 2.82 bits per heavy atom.